The van der Waals surface area contributed by atoms with Crippen molar-refractivity contribution in [3.63, 3.8) is 0 Å². The van der Waals surface area contributed by atoms with E-state index in [2.05, 4.69) is 5.10 Å². The molecule has 0 unspecified atom stereocenters. The number of para-hydroxylation sites is 1. The van der Waals surface area contributed by atoms with Crippen molar-refractivity contribution in [1.29, 1.82) is 0 Å². The molecule has 2 heterocycles. The van der Waals surface area contributed by atoms with Gasteiger partial charge in [0.2, 0.25) is 0 Å². The third-order valence-corrected chi connectivity index (χ3v) is 3.79. The van der Waals surface area contributed by atoms with Crippen LogP contribution in [0.3, 0.4) is 0 Å². The van der Waals surface area contributed by atoms with E-state index < -0.39 is 18.1 Å². The summed E-state index contributed by atoms with van der Waals surface area (Å²) in [4.78, 5) is 12.9. The van der Waals surface area contributed by atoms with Gasteiger partial charge in [0, 0.05) is 31.3 Å². The lowest BCUT2D eigenvalue weighted by Gasteiger charge is -2.19. The second-order valence-electron chi connectivity index (χ2n) is 5.42. The maximum Gasteiger partial charge on any atom is 0.321 e. The van der Waals surface area contributed by atoms with Crippen LogP contribution in [0.4, 0.5) is 4.39 Å². The summed E-state index contributed by atoms with van der Waals surface area (Å²) < 4.78 is 15.2. The number of likely N-dealkylation sites (tertiary alicyclic amines) is 1. The molecule has 0 radical (unpaired) electrons. The van der Waals surface area contributed by atoms with Gasteiger partial charge in [-0.15, -0.1) is 0 Å². The molecule has 3 rings (SSSR count). The first kappa shape index (κ1) is 14.7. The maximum atomic E-state index is 13.7. The number of rotatable bonds is 4. The lowest BCUT2D eigenvalue weighted by atomic mass is 10.2. The van der Waals surface area contributed by atoms with Crippen LogP contribution in [-0.2, 0) is 11.3 Å². The Morgan fingerprint density at radius 3 is 2.91 bits per heavy atom. The van der Waals surface area contributed by atoms with E-state index in [1.54, 1.807) is 35.5 Å². The molecule has 0 saturated carbocycles. The van der Waals surface area contributed by atoms with E-state index in [-0.39, 0.29) is 12.2 Å². The molecule has 1 fully saturated rings. The second-order valence-corrected chi connectivity index (χ2v) is 5.42. The number of benzene rings is 1. The molecular weight excluding hydrogens is 289 g/mol. The van der Waals surface area contributed by atoms with Crippen molar-refractivity contribution < 1.29 is 19.4 Å². The van der Waals surface area contributed by atoms with E-state index in [4.69, 9.17) is 0 Å². The highest BCUT2D eigenvalue weighted by Crippen LogP contribution is 2.21. The van der Waals surface area contributed by atoms with Gasteiger partial charge < -0.3 is 10.2 Å². The van der Waals surface area contributed by atoms with Crippen LogP contribution in [0.15, 0.2) is 36.7 Å². The summed E-state index contributed by atoms with van der Waals surface area (Å²) in [7, 11) is 0. The van der Waals surface area contributed by atoms with Gasteiger partial charge in [0.25, 0.3) is 0 Å². The van der Waals surface area contributed by atoms with Crippen LogP contribution in [0.2, 0.25) is 0 Å². The van der Waals surface area contributed by atoms with Crippen LogP contribution >= 0.6 is 0 Å². The van der Waals surface area contributed by atoms with Gasteiger partial charge >= 0.3 is 5.97 Å². The SMILES string of the molecule is O=C(O)[C@@H]1C[C@@H](O)CN1Cc1cnn(-c2ccccc2F)c1. The number of aliphatic carboxylic acids is 1. The first-order valence-corrected chi connectivity index (χ1v) is 6.98. The third-order valence-electron chi connectivity index (χ3n) is 3.79. The molecule has 7 heteroatoms. The molecule has 116 valence electrons. The summed E-state index contributed by atoms with van der Waals surface area (Å²) in [5.74, 6) is -1.32. The fourth-order valence-electron chi connectivity index (χ4n) is 2.76. The number of hydrogen-bond donors (Lipinski definition) is 2. The van der Waals surface area contributed by atoms with Crippen molar-refractivity contribution in [2.45, 2.75) is 25.1 Å². The highest BCUT2D eigenvalue weighted by atomic mass is 19.1. The minimum absolute atomic E-state index is 0.219. The van der Waals surface area contributed by atoms with Gasteiger partial charge in [0.15, 0.2) is 0 Å². The van der Waals surface area contributed by atoms with Gasteiger partial charge in [0.1, 0.15) is 17.5 Å². The summed E-state index contributed by atoms with van der Waals surface area (Å²) in [5.41, 5.74) is 1.11. The second kappa shape index (κ2) is 5.86. The summed E-state index contributed by atoms with van der Waals surface area (Å²) in [6.07, 6.45) is 2.83. The highest BCUT2D eigenvalue weighted by Gasteiger charge is 2.35. The Morgan fingerprint density at radius 1 is 1.41 bits per heavy atom. The molecule has 2 atom stereocenters. The minimum Gasteiger partial charge on any atom is -0.480 e. The molecule has 1 aromatic carbocycles. The largest absolute Gasteiger partial charge is 0.480 e. The summed E-state index contributed by atoms with van der Waals surface area (Å²) in [6.45, 7) is 0.657. The predicted octanol–water partition coefficient (Wildman–Crippen LogP) is 1.03. The molecule has 1 aliphatic heterocycles. The Bertz CT molecular complexity index is 688. The standard InChI is InChI=1S/C15H16FN3O3/c16-12-3-1-2-4-13(12)19-8-10(6-17-19)7-18-9-11(20)5-14(18)15(21)22/h1-4,6,8,11,14,20H,5,7,9H2,(H,21,22)/t11-,14+/m1/s1. The number of aliphatic hydroxyl groups is 1. The summed E-state index contributed by atoms with van der Waals surface area (Å²) >= 11 is 0. The van der Waals surface area contributed by atoms with E-state index in [0.29, 0.717) is 18.8 Å². The van der Waals surface area contributed by atoms with Gasteiger partial charge in [-0.05, 0) is 12.1 Å². The topological polar surface area (TPSA) is 78.6 Å². The number of nitrogens with zero attached hydrogens (tertiary/aromatic N) is 3. The van der Waals surface area contributed by atoms with Crippen LogP contribution in [0, 0.1) is 5.82 Å². The first-order valence-electron chi connectivity index (χ1n) is 6.98. The van der Waals surface area contributed by atoms with Gasteiger partial charge in [0.05, 0.1) is 12.3 Å². The van der Waals surface area contributed by atoms with E-state index in [9.17, 15) is 19.4 Å². The van der Waals surface area contributed by atoms with Crippen molar-refractivity contribution in [3.05, 3.63) is 48.0 Å². The quantitative estimate of drug-likeness (QED) is 0.882. The lowest BCUT2D eigenvalue weighted by Crippen LogP contribution is -2.35. The Morgan fingerprint density at radius 2 is 2.18 bits per heavy atom. The molecule has 2 N–H and O–H groups in total. The zero-order valence-corrected chi connectivity index (χ0v) is 11.8. The molecule has 1 saturated heterocycles. The maximum absolute atomic E-state index is 13.7. The van der Waals surface area contributed by atoms with Crippen LogP contribution < -0.4 is 0 Å². The van der Waals surface area contributed by atoms with Gasteiger partial charge in [-0.25, -0.2) is 9.07 Å². The molecule has 6 nitrogen and oxygen atoms in total. The first-order chi connectivity index (χ1) is 10.5. The minimum atomic E-state index is -0.946. The predicted molar refractivity (Wildman–Crippen MR) is 76.0 cm³/mol. The van der Waals surface area contributed by atoms with Crippen LogP contribution in [0.5, 0.6) is 0 Å². The number of carboxylic acids is 1. The average Bonchev–Trinajstić information content (AvgIpc) is 3.07. The average molecular weight is 305 g/mol. The zero-order chi connectivity index (χ0) is 15.7. The van der Waals surface area contributed by atoms with Crippen LogP contribution in [0.1, 0.15) is 12.0 Å². The van der Waals surface area contributed by atoms with E-state index >= 15 is 0 Å². The molecule has 1 aromatic heterocycles. The summed E-state index contributed by atoms with van der Waals surface area (Å²) in [5, 5.41) is 22.9. The highest BCUT2D eigenvalue weighted by molar-refractivity contribution is 5.74. The number of aromatic nitrogens is 2. The van der Waals surface area contributed by atoms with Gasteiger partial charge in [-0.3, -0.25) is 9.69 Å². The van der Waals surface area contributed by atoms with Crippen molar-refractivity contribution >= 4 is 5.97 Å². The van der Waals surface area contributed by atoms with Gasteiger partial charge in [-0.1, -0.05) is 12.1 Å². The molecule has 1 aliphatic rings. The molecule has 0 bridgehead atoms. The molecule has 0 aliphatic carbocycles. The van der Waals surface area contributed by atoms with Gasteiger partial charge in [-0.2, -0.15) is 5.10 Å². The van der Waals surface area contributed by atoms with E-state index in [0.717, 1.165) is 5.56 Å². The Balaban J connectivity index is 1.77. The van der Waals surface area contributed by atoms with Crippen molar-refractivity contribution in [2.24, 2.45) is 0 Å². The normalized spacial score (nSPS) is 22.1. The van der Waals surface area contributed by atoms with Crippen LogP contribution in [-0.4, -0.2) is 49.6 Å². The van der Waals surface area contributed by atoms with E-state index in [1.807, 2.05) is 0 Å². The van der Waals surface area contributed by atoms with Crippen molar-refractivity contribution in [2.75, 3.05) is 6.54 Å². The lowest BCUT2D eigenvalue weighted by molar-refractivity contribution is -0.142. The molecule has 22 heavy (non-hydrogen) atoms. The number of carboxylic acid groups (broad SMARTS) is 1. The Kier molecular flexibility index (Phi) is 3.91. The molecule has 2 aromatic rings. The number of carbonyl (C=O) groups is 1. The zero-order valence-electron chi connectivity index (χ0n) is 11.8. The molecular formula is C15H16FN3O3. The Hall–Kier alpha value is -2.25. The number of aliphatic hydroxyl groups excluding tert-OH is 1. The number of halogens is 1. The summed E-state index contributed by atoms with van der Waals surface area (Å²) in [6, 6.07) is 5.59. The number of β-amino-alcohol motifs (C(OH)–C–C–N with tert-alkyl or cyclic N) is 1. The van der Waals surface area contributed by atoms with Crippen LogP contribution in [0.25, 0.3) is 5.69 Å². The van der Waals surface area contributed by atoms with Crippen molar-refractivity contribution in [3.8, 4) is 5.69 Å². The van der Waals surface area contributed by atoms with E-state index in [1.165, 1.54) is 10.7 Å². The fourth-order valence-corrected chi connectivity index (χ4v) is 2.76. The fraction of sp³-hybridized carbons (Fsp3) is 0.333. The molecule has 0 spiro atoms. The van der Waals surface area contributed by atoms with Crippen molar-refractivity contribution in [1.82, 2.24) is 14.7 Å². The monoisotopic (exact) mass is 305 g/mol. The number of hydrogen-bond acceptors (Lipinski definition) is 4. The molecule has 0 amide bonds. The Labute approximate surface area is 126 Å². The smallest absolute Gasteiger partial charge is 0.321 e. The third kappa shape index (κ3) is 2.86.